The number of nitrogens with zero attached hydrogens (tertiary/aromatic N) is 3. The van der Waals surface area contributed by atoms with Crippen molar-refractivity contribution in [3.05, 3.63) is 47.4 Å². The molecule has 2 N–H and O–H groups in total. The van der Waals surface area contributed by atoms with Crippen LogP contribution in [0.5, 0.6) is 5.88 Å². The molecular formula is C25H31FN4O7S2. The van der Waals surface area contributed by atoms with Crippen LogP contribution in [-0.2, 0) is 24.9 Å². The van der Waals surface area contributed by atoms with Gasteiger partial charge in [-0.05, 0) is 49.9 Å². The van der Waals surface area contributed by atoms with Gasteiger partial charge >= 0.3 is 0 Å². The van der Waals surface area contributed by atoms with Crippen LogP contribution in [0.25, 0.3) is 0 Å². The molecule has 1 aromatic carbocycles. The smallest absolute Gasteiger partial charge is 0.257 e. The highest BCUT2D eigenvalue weighted by molar-refractivity contribution is 7.89. The number of amides is 1. The fraction of sp³-hybridized carbons (Fsp3) is 0.520. The number of hydrogen-bond donors (Lipinski definition) is 1. The second kappa shape index (κ2) is 11.1. The van der Waals surface area contributed by atoms with Gasteiger partial charge in [0.05, 0.1) is 4.90 Å². The maximum absolute atomic E-state index is 14.6. The van der Waals surface area contributed by atoms with Crippen molar-refractivity contribution in [3.8, 4) is 5.88 Å². The van der Waals surface area contributed by atoms with E-state index in [0.29, 0.717) is 11.6 Å². The highest BCUT2D eigenvalue weighted by Crippen LogP contribution is 2.40. The fourth-order valence-corrected chi connectivity index (χ4v) is 6.87. The minimum absolute atomic E-state index is 0.0000529. The number of piperazine rings is 1. The van der Waals surface area contributed by atoms with Gasteiger partial charge in [-0.3, -0.25) is 4.79 Å². The number of carbonyl (C=O) groups is 1. The van der Waals surface area contributed by atoms with Crippen LogP contribution in [-0.4, -0.2) is 69.2 Å². The predicted octanol–water partition coefficient (Wildman–Crippen LogP) is 2.54. The standard InChI is InChI=1S/C25H31FN4O7S2/c26-21-16-20(38(27,32)33)8-9-23(21)39(34,35)30-12-10-29(11-13-30)25(31)18-14-22(17-6-7-17)28-24(15-18)37-36-19-4-2-1-3-5-19/h8-9,14-17,19H,1-7,10-13H2,(H2,27,32,33). The van der Waals surface area contributed by atoms with Crippen molar-refractivity contribution in [2.24, 2.45) is 5.14 Å². The van der Waals surface area contributed by atoms with Crippen molar-refractivity contribution in [1.29, 1.82) is 0 Å². The maximum atomic E-state index is 14.6. The molecule has 0 bridgehead atoms. The molecule has 0 spiro atoms. The summed E-state index contributed by atoms with van der Waals surface area (Å²) in [7, 11) is -8.45. The fourth-order valence-electron chi connectivity index (χ4n) is 4.88. The van der Waals surface area contributed by atoms with E-state index in [1.807, 2.05) is 0 Å². The Morgan fingerprint density at radius 1 is 0.949 bits per heavy atom. The number of carbonyl (C=O) groups excluding carboxylic acids is 1. The first-order valence-corrected chi connectivity index (χ1v) is 16.0. The summed E-state index contributed by atoms with van der Waals surface area (Å²) in [5, 5.41) is 5.00. The number of pyridine rings is 1. The second-order valence-electron chi connectivity index (χ2n) is 10.2. The van der Waals surface area contributed by atoms with Crippen LogP contribution in [0.3, 0.4) is 0 Å². The van der Waals surface area contributed by atoms with E-state index in [1.54, 1.807) is 12.1 Å². The molecule has 0 radical (unpaired) electrons. The lowest BCUT2D eigenvalue weighted by Crippen LogP contribution is -2.50. The Kier molecular flexibility index (Phi) is 7.93. The summed E-state index contributed by atoms with van der Waals surface area (Å²) in [5.74, 6) is -1.00. The number of benzene rings is 1. The van der Waals surface area contributed by atoms with Crippen LogP contribution >= 0.6 is 0 Å². The number of halogens is 1. The molecule has 5 rings (SSSR count). The van der Waals surface area contributed by atoms with Crippen molar-refractivity contribution >= 4 is 26.0 Å². The van der Waals surface area contributed by atoms with E-state index in [1.165, 1.54) is 11.3 Å². The number of rotatable bonds is 8. The Balaban J connectivity index is 1.26. The molecule has 0 atom stereocenters. The molecule has 1 aliphatic heterocycles. The second-order valence-corrected chi connectivity index (χ2v) is 13.6. The normalized spacial score (nSPS) is 19.7. The van der Waals surface area contributed by atoms with Crippen molar-refractivity contribution in [2.75, 3.05) is 26.2 Å². The van der Waals surface area contributed by atoms with Gasteiger partial charge in [0.2, 0.25) is 20.0 Å². The molecule has 1 aromatic heterocycles. The lowest BCUT2D eigenvalue weighted by Gasteiger charge is -2.34. The molecule has 2 aliphatic carbocycles. The number of primary sulfonamides is 1. The third-order valence-corrected chi connectivity index (χ3v) is 10.1. The van der Waals surface area contributed by atoms with Gasteiger partial charge in [-0.25, -0.2) is 31.3 Å². The van der Waals surface area contributed by atoms with Gasteiger partial charge in [0, 0.05) is 49.4 Å². The first-order valence-electron chi connectivity index (χ1n) is 13.0. The van der Waals surface area contributed by atoms with Gasteiger partial charge in [0.25, 0.3) is 11.8 Å². The summed E-state index contributed by atoms with van der Waals surface area (Å²) in [6, 6.07) is 5.71. The summed E-state index contributed by atoms with van der Waals surface area (Å²) in [6.45, 7) is 0.0634. The quantitative estimate of drug-likeness (QED) is 0.369. The minimum atomic E-state index is -4.27. The summed E-state index contributed by atoms with van der Waals surface area (Å²) < 4.78 is 64.6. The predicted molar refractivity (Wildman–Crippen MR) is 137 cm³/mol. The van der Waals surface area contributed by atoms with Crippen molar-refractivity contribution < 1.29 is 35.8 Å². The number of sulfonamides is 2. The Morgan fingerprint density at radius 2 is 1.64 bits per heavy atom. The Hall–Kier alpha value is -2.65. The van der Waals surface area contributed by atoms with Crippen molar-refractivity contribution in [1.82, 2.24) is 14.2 Å². The Labute approximate surface area is 227 Å². The van der Waals surface area contributed by atoms with E-state index in [9.17, 15) is 26.0 Å². The molecule has 0 unspecified atom stereocenters. The number of nitrogens with two attached hydrogens (primary N) is 1. The highest BCUT2D eigenvalue weighted by Gasteiger charge is 2.34. The van der Waals surface area contributed by atoms with Gasteiger partial charge in [-0.2, -0.15) is 9.19 Å². The Morgan fingerprint density at radius 3 is 2.26 bits per heavy atom. The molecule has 39 heavy (non-hydrogen) atoms. The number of hydrogen-bond acceptors (Lipinski definition) is 8. The third kappa shape index (κ3) is 6.40. The molecule has 3 aliphatic rings. The molecule has 1 saturated heterocycles. The summed E-state index contributed by atoms with van der Waals surface area (Å²) in [6.07, 6.45) is 7.16. The molecule has 3 fully saturated rings. The van der Waals surface area contributed by atoms with E-state index >= 15 is 0 Å². The zero-order valence-electron chi connectivity index (χ0n) is 21.3. The summed E-state index contributed by atoms with van der Waals surface area (Å²) >= 11 is 0. The van der Waals surface area contributed by atoms with Crippen molar-refractivity contribution in [3.63, 3.8) is 0 Å². The molecule has 2 saturated carbocycles. The SMILES string of the molecule is NS(=O)(=O)c1ccc(S(=O)(=O)N2CCN(C(=O)c3cc(OOC4CCCCC4)nc(C4CC4)c3)CC2)c(F)c1. The van der Waals surface area contributed by atoms with E-state index in [2.05, 4.69) is 4.98 Å². The summed E-state index contributed by atoms with van der Waals surface area (Å²) in [5.41, 5.74) is 1.15. The lowest BCUT2D eigenvalue weighted by molar-refractivity contribution is -0.253. The monoisotopic (exact) mass is 582 g/mol. The summed E-state index contributed by atoms with van der Waals surface area (Å²) in [4.78, 5) is 29.4. The third-order valence-electron chi connectivity index (χ3n) is 7.26. The van der Waals surface area contributed by atoms with Crippen LogP contribution in [0.1, 0.15) is 66.9 Å². The zero-order valence-corrected chi connectivity index (χ0v) is 22.9. The minimum Gasteiger partial charge on any atom is -0.336 e. The van der Waals surface area contributed by atoms with Crippen LogP contribution < -0.4 is 10.0 Å². The molecule has 11 nitrogen and oxygen atoms in total. The molecule has 212 valence electrons. The zero-order chi connectivity index (χ0) is 27.8. The van der Waals surface area contributed by atoms with Crippen LogP contribution in [0.15, 0.2) is 40.1 Å². The van der Waals surface area contributed by atoms with Gasteiger partial charge in [-0.15, -0.1) is 0 Å². The van der Waals surface area contributed by atoms with E-state index in [-0.39, 0.29) is 50.0 Å². The topological polar surface area (TPSA) is 149 Å². The Bertz CT molecular complexity index is 1450. The largest absolute Gasteiger partial charge is 0.336 e. The molecule has 1 amide bonds. The van der Waals surface area contributed by atoms with Gasteiger partial charge in [-0.1, -0.05) is 19.3 Å². The van der Waals surface area contributed by atoms with Gasteiger partial charge in [0.1, 0.15) is 16.8 Å². The average Bonchev–Trinajstić information content (AvgIpc) is 3.77. The van der Waals surface area contributed by atoms with E-state index in [4.69, 9.17) is 14.9 Å². The first-order chi connectivity index (χ1) is 18.5. The average molecular weight is 583 g/mol. The highest BCUT2D eigenvalue weighted by atomic mass is 32.2. The van der Waals surface area contributed by atoms with Crippen LogP contribution in [0, 0.1) is 5.82 Å². The van der Waals surface area contributed by atoms with E-state index < -0.39 is 35.7 Å². The molecular weight excluding hydrogens is 551 g/mol. The maximum Gasteiger partial charge on any atom is 0.257 e. The molecule has 14 heteroatoms. The van der Waals surface area contributed by atoms with Gasteiger partial charge in [0.15, 0.2) is 0 Å². The van der Waals surface area contributed by atoms with Crippen molar-refractivity contribution in [2.45, 2.75) is 66.8 Å². The number of aromatic nitrogens is 1. The molecule has 2 heterocycles. The van der Waals surface area contributed by atoms with Crippen LogP contribution in [0.4, 0.5) is 4.39 Å². The lowest BCUT2D eigenvalue weighted by atomic mass is 9.98. The van der Waals surface area contributed by atoms with E-state index in [0.717, 1.165) is 60.7 Å². The molecule has 2 aromatic rings. The van der Waals surface area contributed by atoms with Crippen LogP contribution in [0.2, 0.25) is 0 Å². The first kappa shape index (κ1) is 27.9. The van der Waals surface area contributed by atoms with Gasteiger partial charge < -0.3 is 9.79 Å².